The number of likely N-dealkylation sites (tertiary alicyclic amines) is 1. The van der Waals surface area contributed by atoms with Gasteiger partial charge in [0.15, 0.2) is 11.6 Å². The van der Waals surface area contributed by atoms with Crippen LogP contribution in [0.25, 0.3) is 11.0 Å². The van der Waals surface area contributed by atoms with Gasteiger partial charge in [-0.1, -0.05) is 25.0 Å². The largest absolute Gasteiger partial charge is 0.478 e. The van der Waals surface area contributed by atoms with Crippen molar-refractivity contribution < 1.29 is 13.9 Å². The van der Waals surface area contributed by atoms with Gasteiger partial charge in [0.05, 0.1) is 11.1 Å². The van der Waals surface area contributed by atoms with Crippen LogP contribution in [0, 0.1) is 29.5 Å². The third-order valence-electron chi connectivity index (χ3n) is 6.05. The zero-order valence-electron chi connectivity index (χ0n) is 17.8. The van der Waals surface area contributed by atoms with E-state index >= 15 is 0 Å². The zero-order chi connectivity index (χ0) is 22.1. The first-order valence-electron chi connectivity index (χ1n) is 10.8. The van der Waals surface area contributed by atoms with Crippen LogP contribution in [-0.4, -0.2) is 51.5 Å². The number of carbonyl (C=O) groups excluding carboxylic acids is 1. The lowest BCUT2D eigenvalue weighted by Gasteiger charge is -2.17. The molecule has 1 aliphatic heterocycles. The fourth-order valence-corrected chi connectivity index (χ4v) is 4.10. The number of halogens is 1. The Labute approximate surface area is 185 Å². The number of carbonyl (C=O) groups is 1. The molecule has 3 heterocycles. The normalized spacial score (nSPS) is 21.8. The van der Waals surface area contributed by atoms with Gasteiger partial charge in [0.25, 0.3) is 0 Å². The van der Waals surface area contributed by atoms with Gasteiger partial charge in [-0.05, 0) is 42.9 Å². The summed E-state index contributed by atoms with van der Waals surface area (Å²) in [7, 11) is 0. The molecule has 7 nitrogen and oxygen atoms in total. The smallest absolute Gasteiger partial charge is 0.226 e. The molecule has 2 aromatic heterocycles. The number of nitrogens with zero attached hydrogens (tertiary/aromatic N) is 3. The van der Waals surface area contributed by atoms with Crippen molar-refractivity contribution in [3.63, 3.8) is 0 Å². The average molecular weight is 433 g/mol. The topological polar surface area (TPSA) is 83.1 Å². The van der Waals surface area contributed by atoms with Gasteiger partial charge in [0, 0.05) is 25.0 Å². The van der Waals surface area contributed by atoms with E-state index in [9.17, 15) is 9.18 Å². The Morgan fingerprint density at radius 3 is 3.03 bits per heavy atom. The fourth-order valence-electron chi connectivity index (χ4n) is 4.10. The summed E-state index contributed by atoms with van der Waals surface area (Å²) in [4.78, 5) is 26.3. The molecule has 1 aliphatic carbocycles. The van der Waals surface area contributed by atoms with E-state index in [4.69, 9.17) is 4.74 Å². The maximum absolute atomic E-state index is 13.6. The summed E-state index contributed by atoms with van der Waals surface area (Å²) >= 11 is 0. The number of aromatic nitrogens is 3. The minimum Gasteiger partial charge on any atom is -0.478 e. The first kappa shape index (κ1) is 20.3. The van der Waals surface area contributed by atoms with E-state index in [1.807, 2.05) is 11.0 Å². The predicted octanol–water partition coefficient (Wildman–Crippen LogP) is 3.20. The Balaban J connectivity index is 1.23. The molecular formula is C24H24FN5O2. The van der Waals surface area contributed by atoms with Gasteiger partial charge in [0.2, 0.25) is 5.91 Å². The van der Waals surface area contributed by atoms with Gasteiger partial charge in [-0.15, -0.1) is 0 Å². The number of fused-ring (bicyclic) bond motifs is 1. The molecule has 2 fully saturated rings. The number of nitrogens with one attached hydrogen (secondary N) is 2. The summed E-state index contributed by atoms with van der Waals surface area (Å²) in [6.07, 6.45) is 3.41. The van der Waals surface area contributed by atoms with Crippen LogP contribution in [0.5, 0.6) is 5.75 Å². The van der Waals surface area contributed by atoms with Crippen LogP contribution in [0.3, 0.4) is 0 Å². The molecule has 2 N–H and O–H groups in total. The molecule has 5 rings (SSSR count). The van der Waals surface area contributed by atoms with E-state index in [-0.39, 0.29) is 30.2 Å². The van der Waals surface area contributed by atoms with Crippen LogP contribution in [0.2, 0.25) is 0 Å². The summed E-state index contributed by atoms with van der Waals surface area (Å²) in [5, 5.41) is 4.31. The maximum atomic E-state index is 13.6. The highest BCUT2D eigenvalue weighted by molar-refractivity contribution is 5.88. The van der Waals surface area contributed by atoms with E-state index in [0.717, 1.165) is 30.6 Å². The van der Waals surface area contributed by atoms with Crippen LogP contribution in [-0.2, 0) is 4.79 Å². The maximum Gasteiger partial charge on any atom is 0.226 e. The van der Waals surface area contributed by atoms with Crippen molar-refractivity contribution >= 4 is 22.8 Å². The monoisotopic (exact) mass is 433 g/mol. The Morgan fingerprint density at radius 1 is 1.38 bits per heavy atom. The summed E-state index contributed by atoms with van der Waals surface area (Å²) in [5.74, 6) is 7.38. The number of para-hydroxylation sites is 1. The third kappa shape index (κ3) is 4.24. The number of H-pyrrole nitrogens is 1. The molecule has 1 saturated carbocycles. The summed E-state index contributed by atoms with van der Waals surface area (Å²) in [5.41, 5.74) is 1.35. The van der Waals surface area contributed by atoms with Gasteiger partial charge in [0.1, 0.15) is 24.4 Å². The number of aromatic amines is 1. The lowest BCUT2D eigenvalue weighted by Crippen LogP contribution is -2.33. The molecule has 2 unspecified atom stereocenters. The van der Waals surface area contributed by atoms with Gasteiger partial charge < -0.3 is 19.9 Å². The molecular weight excluding hydrogens is 409 g/mol. The lowest BCUT2D eigenvalue weighted by molar-refractivity contribution is -0.131. The van der Waals surface area contributed by atoms with Gasteiger partial charge in [-0.25, -0.2) is 14.4 Å². The van der Waals surface area contributed by atoms with Crippen molar-refractivity contribution in [3.05, 3.63) is 48.2 Å². The molecule has 164 valence electrons. The summed E-state index contributed by atoms with van der Waals surface area (Å²) < 4.78 is 19.0. The first-order chi connectivity index (χ1) is 15.6. The number of hydrogen-bond donors (Lipinski definition) is 2. The van der Waals surface area contributed by atoms with Crippen molar-refractivity contribution in [2.24, 2.45) is 11.8 Å². The molecule has 1 saturated heterocycles. The molecule has 8 heteroatoms. The minimum atomic E-state index is -0.412. The Kier molecular flexibility index (Phi) is 5.39. The molecule has 2 aliphatic rings. The molecule has 3 aromatic rings. The van der Waals surface area contributed by atoms with Crippen molar-refractivity contribution in [2.75, 3.05) is 25.0 Å². The van der Waals surface area contributed by atoms with Gasteiger partial charge in [-0.3, -0.25) is 4.79 Å². The number of anilines is 1. The van der Waals surface area contributed by atoms with Crippen LogP contribution >= 0.6 is 0 Å². The third-order valence-corrected chi connectivity index (χ3v) is 6.05. The minimum absolute atomic E-state index is 0.0681. The van der Waals surface area contributed by atoms with Crippen LogP contribution < -0.4 is 10.1 Å². The van der Waals surface area contributed by atoms with Gasteiger partial charge in [-0.2, -0.15) is 0 Å². The van der Waals surface area contributed by atoms with E-state index in [1.54, 1.807) is 18.2 Å². The fraction of sp³-hybridized carbons (Fsp3) is 0.375. The number of ether oxygens (including phenoxy) is 1. The predicted molar refractivity (Wildman–Crippen MR) is 119 cm³/mol. The van der Waals surface area contributed by atoms with E-state index < -0.39 is 5.82 Å². The van der Waals surface area contributed by atoms with Gasteiger partial charge >= 0.3 is 0 Å². The second-order valence-corrected chi connectivity index (χ2v) is 8.42. The molecule has 0 radical (unpaired) electrons. The van der Waals surface area contributed by atoms with Crippen molar-refractivity contribution in [1.82, 2.24) is 19.9 Å². The van der Waals surface area contributed by atoms with Crippen LogP contribution in [0.15, 0.2) is 36.7 Å². The number of hydrogen-bond acceptors (Lipinski definition) is 5. The average Bonchev–Trinajstić information content (AvgIpc) is 3.16. The van der Waals surface area contributed by atoms with E-state index in [0.29, 0.717) is 23.8 Å². The van der Waals surface area contributed by atoms with Crippen molar-refractivity contribution in [1.29, 1.82) is 0 Å². The standard InChI is InChI=1S/C24H24FN5O2/c1-15-11-18(15)24(31)30-9-8-17(13-30)29-23-19-12-16(28-22(19)26-14-27-23)5-4-10-32-21-7-3-2-6-20(21)25/h2-3,6-7,12,14-15,17-18H,8-11,13H2,1H3,(H2,26,27,28,29)/t15?,17-,18?/m1/s1. The number of benzene rings is 1. The van der Waals surface area contributed by atoms with E-state index in [1.165, 1.54) is 12.4 Å². The first-order valence-corrected chi connectivity index (χ1v) is 10.8. The highest BCUT2D eigenvalue weighted by atomic mass is 19.1. The molecule has 1 aromatic carbocycles. The Morgan fingerprint density at radius 2 is 2.22 bits per heavy atom. The van der Waals surface area contributed by atoms with Crippen LogP contribution in [0.4, 0.5) is 10.2 Å². The van der Waals surface area contributed by atoms with E-state index in [2.05, 4.69) is 39.0 Å². The number of amides is 1. The zero-order valence-corrected chi connectivity index (χ0v) is 17.8. The lowest BCUT2D eigenvalue weighted by atomic mass is 10.2. The second-order valence-electron chi connectivity index (χ2n) is 8.42. The molecule has 1 amide bonds. The van der Waals surface area contributed by atoms with Crippen molar-refractivity contribution in [3.8, 4) is 17.6 Å². The SMILES string of the molecule is CC1CC1C(=O)N1CC[C@@H](Nc2ncnc3[nH]c(C#CCOc4ccccc4F)cc23)C1. The van der Waals surface area contributed by atoms with Crippen molar-refractivity contribution in [2.45, 2.75) is 25.8 Å². The Bertz CT molecular complexity index is 1210. The molecule has 32 heavy (non-hydrogen) atoms. The Hall–Kier alpha value is -3.60. The molecule has 0 spiro atoms. The molecule has 3 atom stereocenters. The summed E-state index contributed by atoms with van der Waals surface area (Å²) in [6.45, 7) is 3.67. The highest BCUT2D eigenvalue weighted by Crippen LogP contribution is 2.39. The molecule has 0 bridgehead atoms. The second kappa shape index (κ2) is 8.50. The van der Waals surface area contributed by atoms with Crippen LogP contribution in [0.1, 0.15) is 25.5 Å². The highest BCUT2D eigenvalue weighted by Gasteiger charge is 2.43. The summed E-state index contributed by atoms with van der Waals surface area (Å²) in [6, 6.07) is 8.28. The quantitative estimate of drug-likeness (QED) is 0.604. The number of rotatable bonds is 5.